The molecule has 1 saturated heterocycles. The summed E-state index contributed by atoms with van der Waals surface area (Å²) in [5.41, 5.74) is 3.34. The molecule has 1 N–H and O–H groups in total. The lowest BCUT2D eigenvalue weighted by Gasteiger charge is -2.32. The molecule has 1 aliphatic heterocycles. The minimum absolute atomic E-state index is 0.0420. The van der Waals surface area contributed by atoms with Crippen LogP contribution in [0.5, 0.6) is 0 Å². The van der Waals surface area contributed by atoms with Gasteiger partial charge in [0.05, 0.1) is 12.6 Å². The van der Waals surface area contributed by atoms with Crippen molar-refractivity contribution in [3.8, 4) is 11.5 Å². The number of hydrogen-bond donors (Lipinski definition) is 1. The topological polar surface area (TPSA) is 71.3 Å². The van der Waals surface area contributed by atoms with Crippen molar-refractivity contribution in [2.75, 3.05) is 13.1 Å². The highest BCUT2D eigenvalue weighted by atomic mass is 19.1. The number of carbonyl (C=O) groups is 1. The Morgan fingerprint density at radius 1 is 1.09 bits per heavy atom. The zero-order valence-electron chi connectivity index (χ0n) is 18.0. The Balaban J connectivity index is 1.13. The van der Waals surface area contributed by atoms with E-state index in [0.29, 0.717) is 23.8 Å². The largest absolute Gasteiger partial charge is 0.349 e. The van der Waals surface area contributed by atoms with Gasteiger partial charge in [0.1, 0.15) is 5.82 Å². The van der Waals surface area contributed by atoms with Gasteiger partial charge < -0.3 is 9.84 Å². The Labute approximate surface area is 186 Å². The third-order valence-corrected chi connectivity index (χ3v) is 6.57. The molecule has 2 aliphatic rings. The predicted molar refractivity (Wildman–Crippen MR) is 118 cm³/mol. The van der Waals surface area contributed by atoms with E-state index in [2.05, 4.69) is 44.6 Å². The van der Waals surface area contributed by atoms with Crippen molar-refractivity contribution in [3.63, 3.8) is 0 Å². The summed E-state index contributed by atoms with van der Waals surface area (Å²) in [6.45, 7) is 2.22. The molecular weight excluding hydrogens is 407 g/mol. The second-order valence-corrected chi connectivity index (χ2v) is 8.73. The number of hydrogen-bond acceptors (Lipinski definition) is 5. The van der Waals surface area contributed by atoms with Crippen molar-refractivity contribution in [2.45, 2.75) is 44.7 Å². The summed E-state index contributed by atoms with van der Waals surface area (Å²) in [4.78, 5) is 19.6. The fourth-order valence-electron chi connectivity index (χ4n) is 4.77. The van der Waals surface area contributed by atoms with Gasteiger partial charge in [-0.05, 0) is 80.6 Å². The molecule has 0 bridgehead atoms. The Morgan fingerprint density at radius 3 is 2.69 bits per heavy atom. The molecule has 6 nitrogen and oxygen atoms in total. The molecule has 166 valence electrons. The number of nitrogens with one attached hydrogen (secondary N) is 1. The van der Waals surface area contributed by atoms with Crippen LogP contribution in [0.15, 0.2) is 53.1 Å². The number of rotatable bonds is 5. The first-order valence-corrected chi connectivity index (χ1v) is 11.3. The summed E-state index contributed by atoms with van der Waals surface area (Å²) in [5, 5.41) is 7.37. The lowest BCUT2D eigenvalue weighted by molar-refractivity contribution is -0.127. The molecule has 2 heterocycles. The maximum Gasteiger partial charge on any atom is 0.257 e. The molecule has 0 saturated carbocycles. The van der Waals surface area contributed by atoms with Gasteiger partial charge in [0.2, 0.25) is 5.91 Å². The number of nitrogens with zero attached hydrogens (tertiary/aromatic N) is 3. The van der Waals surface area contributed by atoms with Crippen molar-refractivity contribution < 1.29 is 13.7 Å². The number of aromatic nitrogens is 2. The number of likely N-dealkylation sites (tertiary alicyclic amines) is 1. The minimum Gasteiger partial charge on any atom is -0.349 e. The van der Waals surface area contributed by atoms with Gasteiger partial charge in [-0.3, -0.25) is 9.69 Å². The van der Waals surface area contributed by atoms with Crippen LogP contribution in [0.1, 0.15) is 48.7 Å². The van der Waals surface area contributed by atoms with E-state index >= 15 is 0 Å². The van der Waals surface area contributed by atoms with Crippen molar-refractivity contribution in [1.29, 1.82) is 0 Å². The van der Waals surface area contributed by atoms with Crippen LogP contribution in [0.25, 0.3) is 11.5 Å². The summed E-state index contributed by atoms with van der Waals surface area (Å²) in [5.74, 6) is 0.908. The molecule has 1 aliphatic carbocycles. The second kappa shape index (κ2) is 9.20. The number of amides is 1. The monoisotopic (exact) mass is 434 g/mol. The Kier molecular flexibility index (Phi) is 5.99. The molecule has 1 atom stereocenters. The van der Waals surface area contributed by atoms with Gasteiger partial charge in [-0.2, -0.15) is 4.98 Å². The summed E-state index contributed by atoms with van der Waals surface area (Å²) in [6, 6.07) is 14.6. The average molecular weight is 435 g/mol. The van der Waals surface area contributed by atoms with E-state index < -0.39 is 0 Å². The van der Waals surface area contributed by atoms with Crippen molar-refractivity contribution in [2.24, 2.45) is 5.92 Å². The highest BCUT2D eigenvalue weighted by Gasteiger charge is 2.29. The minimum atomic E-state index is -0.298. The number of aryl methyl sites for hydroxylation is 1. The van der Waals surface area contributed by atoms with Crippen LogP contribution in [-0.4, -0.2) is 34.0 Å². The van der Waals surface area contributed by atoms with E-state index in [1.165, 1.54) is 23.3 Å². The third kappa shape index (κ3) is 4.58. The highest BCUT2D eigenvalue weighted by Crippen LogP contribution is 2.30. The van der Waals surface area contributed by atoms with Gasteiger partial charge >= 0.3 is 0 Å². The van der Waals surface area contributed by atoms with E-state index in [1.807, 2.05) is 0 Å². The van der Waals surface area contributed by atoms with Crippen molar-refractivity contribution >= 4 is 5.91 Å². The van der Waals surface area contributed by atoms with Crippen LogP contribution in [-0.2, 0) is 17.8 Å². The standard InChI is InChI=1S/C25H27FN4O2/c26-20-10-8-19(9-11-20)25-28-23(29-32-25)16-30-14-12-18(13-15-30)24(31)27-22-7-3-5-17-4-1-2-6-21(17)22/h1-2,4,6,8-11,18,22H,3,5,7,12-16H2,(H,27,31)/t22-/m1/s1. The van der Waals surface area contributed by atoms with Gasteiger partial charge in [0.15, 0.2) is 5.82 Å². The van der Waals surface area contributed by atoms with Crippen molar-refractivity contribution in [1.82, 2.24) is 20.4 Å². The van der Waals surface area contributed by atoms with Gasteiger partial charge in [0, 0.05) is 11.5 Å². The lowest BCUT2D eigenvalue weighted by atomic mass is 9.87. The van der Waals surface area contributed by atoms with Crippen molar-refractivity contribution in [3.05, 3.63) is 71.3 Å². The number of carbonyl (C=O) groups excluding carboxylic acids is 1. The number of piperidine rings is 1. The molecule has 0 spiro atoms. The van der Waals surface area contributed by atoms with Gasteiger partial charge in [-0.25, -0.2) is 4.39 Å². The first-order valence-electron chi connectivity index (χ1n) is 11.3. The molecule has 7 heteroatoms. The van der Waals surface area contributed by atoms with Gasteiger partial charge in [0.25, 0.3) is 5.89 Å². The Bertz CT molecular complexity index is 1070. The van der Waals surface area contributed by atoms with Crippen LogP contribution < -0.4 is 5.32 Å². The number of fused-ring (bicyclic) bond motifs is 1. The normalized spacial score (nSPS) is 19.5. The van der Waals surface area contributed by atoms with E-state index in [-0.39, 0.29) is 23.7 Å². The Morgan fingerprint density at radius 2 is 1.88 bits per heavy atom. The fraction of sp³-hybridized carbons (Fsp3) is 0.400. The molecule has 1 amide bonds. The van der Waals surface area contributed by atoms with Crippen LogP contribution in [0.3, 0.4) is 0 Å². The Hall–Kier alpha value is -3.06. The molecule has 32 heavy (non-hydrogen) atoms. The molecular formula is C25H27FN4O2. The third-order valence-electron chi connectivity index (χ3n) is 6.57. The smallest absolute Gasteiger partial charge is 0.257 e. The molecule has 0 unspecified atom stereocenters. The van der Waals surface area contributed by atoms with E-state index in [0.717, 1.165) is 45.2 Å². The lowest BCUT2D eigenvalue weighted by Crippen LogP contribution is -2.42. The van der Waals surface area contributed by atoms with Crippen LogP contribution >= 0.6 is 0 Å². The number of halogens is 1. The highest BCUT2D eigenvalue weighted by molar-refractivity contribution is 5.79. The van der Waals surface area contributed by atoms with Crippen LogP contribution in [0, 0.1) is 11.7 Å². The van der Waals surface area contributed by atoms with E-state index in [9.17, 15) is 9.18 Å². The molecule has 1 fully saturated rings. The summed E-state index contributed by atoms with van der Waals surface area (Å²) in [7, 11) is 0. The van der Waals surface area contributed by atoms with Crippen LogP contribution in [0.2, 0.25) is 0 Å². The second-order valence-electron chi connectivity index (χ2n) is 8.73. The molecule has 0 radical (unpaired) electrons. The van der Waals surface area contributed by atoms with E-state index in [4.69, 9.17) is 4.52 Å². The molecule has 2 aromatic carbocycles. The maximum absolute atomic E-state index is 13.1. The molecule has 3 aromatic rings. The van der Waals surface area contributed by atoms with Crippen LogP contribution in [0.4, 0.5) is 4.39 Å². The van der Waals surface area contributed by atoms with Gasteiger partial charge in [-0.1, -0.05) is 29.4 Å². The first-order chi connectivity index (χ1) is 15.7. The SMILES string of the molecule is O=C(N[C@@H]1CCCc2ccccc21)C1CCN(Cc2noc(-c3ccc(F)cc3)n2)CC1. The van der Waals surface area contributed by atoms with E-state index in [1.54, 1.807) is 12.1 Å². The quantitative estimate of drug-likeness (QED) is 0.649. The molecule has 5 rings (SSSR count). The average Bonchev–Trinajstić information content (AvgIpc) is 3.29. The zero-order chi connectivity index (χ0) is 21.9. The predicted octanol–water partition coefficient (Wildman–Crippen LogP) is 4.28. The maximum atomic E-state index is 13.1. The fourth-order valence-corrected chi connectivity index (χ4v) is 4.77. The molecule has 1 aromatic heterocycles. The summed E-state index contributed by atoms with van der Waals surface area (Å²) < 4.78 is 18.4. The number of benzene rings is 2. The summed E-state index contributed by atoms with van der Waals surface area (Å²) in [6.07, 6.45) is 4.87. The zero-order valence-corrected chi connectivity index (χ0v) is 18.0. The summed E-state index contributed by atoms with van der Waals surface area (Å²) >= 11 is 0. The van der Waals surface area contributed by atoms with Gasteiger partial charge in [-0.15, -0.1) is 0 Å². The first kappa shape index (κ1) is 20.8.